The number of sulfonamides is 1. The normalized spacial score (nSPS) is 14.0. The topological polar surface area (TPSA) is 87.6 Å². The van der Waals surface area contributed by atoms with E-state index in [4.69, 9.17) is 11.6 Å². The predicted octanol–water partition coefficient (Wildman–Crippen LogP) is 3.06. The van der Waals surface area contributed by atoms with Gasteiger partial charge >= 0.3 is 0 Å². The van der Waals surface area contributed by atoms with Crippen LogP contribution in [0.5, 0.6) is 0 Å². The summed E-state index contributed by atoms with van der Waals surface area (Å²) in [5.74, 6) is 0.121. The Morgan fingerprint density at radius 2 is 1.80 bits per heavy atom. The molecule has 0 fully saturated rings. The van der Waals surface area contributed by atoms with Crippen LogP contribution in [0.4, 0.5) is 5.69 Å². The quantitative estimate of drug-likeness (QED) is 0.858. The number of nitrogens with zero attached hydrogens (tertiary/aromatic N) is 1. The van der Waals surface area contributed by atoms with Crippen LogP contribution in [0.2, 0.25) is 5.02 Å². The van der Waals surface area contributed by atoms with Crippen molar-refractivity contribution in [3.63, 3.8) is 0 Å². The lowest BCUT2D eigenvalue weighted by atomic mass is 10.2. The molecular weight excluding hydrogens is 362 g/mol. The van der Waals surface area contributed by atoms with Crippen molar-refractivity contribution in [3.05, 3.63) is 59.1 Å². The number of benzene rings is 2. The number of anilines is 1. The van der Waals surface area contributed by atoms with Crippen LogP contribution in [-0.4, -0.2) is 26.7 Å². The van der Waals surface area contributed by atoms with Crippen molar-refractivity contribution < 1.29 is 13.2 Å². The minimum Gasteiger partial charge on any atom is -0.322 e. The van der Waals surface area contributed by atoms with Gasteiger partial charge in [-0.05, 0) is 42.8 Å². The number of aliphatic imine (C=N–C) groups is 1. The van der Waals surface area contributed by atoms with Crippen LogP contribution in [0.15, 0.2) is 58.4 Å². The summed E-state index contributed by atoms with van der Waals surface area (Å²) in [5.41, 5.74) is 0.823. The third-order valence-electron chi connectivity index (χ3n) is 3.67. The van der Waals surface area contributed by atoms with Crippen molar-refractivity contribution in [2.75, 3.05) is 11.9 Å². The first kappa shape index (κ1) is 17.4. The molecule has 0 radical (unpaired) electrons. The summed E-state index contributed by atoms with van der Waals surface area (Å²) in [7, 11) is -3.66. The second-order valence-electron chi connectivity index (χ2n) is 5.50. The van der Waals surface area contributed by atoms with Crippen molar-refractivity contribution in [2.24, 2.45) is 4.99 Å². The standard InChI is InChI=1S/C17H16ClN3O3S/c18-15-5-2-1-4-14(15)17(22)20-12-7-9-13(10-8-12)25(23,24)21-16-6-3-11-19-16/h1-2,4-5,7-10H,3,6,11H2,(H,19,21)(H,20,22). The maximum Gasteiger partial charge on any atom is 0.262 e. The maximum atomic E-state index is 12.3. The van der Waals surface area contributed by atoms with Gasteiger partial charge in [0, 0.05) is 18.7 Å². The Morgan fingerprint density at radius 3 is 2.44 bits per heavy atom. The molecule has 0 spiro atoms. The van der Waals surface area contributed by atoms with E-state index in [1.165, 1.54) is 24.3 Å². The number of nitrogens with one attached hydrogen (secondary N) is 2. The van der Waals surface area contributed by atoms with Crippen LogP contribution in [0, 0.1) is 0 Å². The van der Waals surface area contributed by atoms with Crippen molar-refractivity contribution in [3.8, 4) is 0 Å². The van der Waals surface area contributed by atoms with Gasteiger partial charge in [0.2, 0.25) is 0 Å². The van der Waals surface area contributed by atoms with E-state index in [0.717, 1.165) is 6.42 Å². The monoisotopic (exact) mass is 377 g/mol. The van der Waals surface area contributed by atoms with Gasteiger partial charge in [0.25, 0.3) is 15.9 Å². The number of hydrogen-bond acceptors (Lipinski definition) is 4. The predicted molar refractivity (Wildman–Crippen MR) is 97.7 cm³/mol. The van der Waals surface area contributed by atoms with Gasteiger partial charge in [-0.25, -0.2) is 8.42 Å². The molecule has 0 bridgehead atoms. The third-order valence-corrected chi connectivity index (χ3v) is 5.39. The Balaban J connectivity index is 1.72. The zero-order valence-corrected chi connectivity index (χ0v) is 14.8. The third kappa shape index (κ3) is 4.18. The molecule has 3 rings (SSSR count). The number of rotatable bonds is 4. The van der Waals surface area contributed by atoms with Gasteiger partial charge in [0.15, 0.2) is 0 Å². The largest absolute Gasteiger partial charge is 0.322 e. The fourth-order valence-electron chi connectivity index (χ4n) is 2.40. The number of halogens is 1. The lowest BCUT2D eigenvalue weighted by Crippen LogP contribution is -2.29. The van der Waals surface area contributed by atoms with E-state index in [-0.39, 0.29) is 10.8 Å². The van der Waals surface area contributed by atoms with Crippen LogP contribution in [0.3, 0.4) is 0 Å². The molecule has 0 unspecified atom stereocenters. The summed E-state index contributed by atoms with van der Waals surface area (Å²) in [6, 6.07) is 12.6. The lowest BCUT2D eigenvalue weighted by molar-refractivity contribution is 0.102. The number of amides is 1. The molecular formula is C17H16ClN3O3S. The molecule has 2 aromatic carbocycles. The highest BCUT2D eigenvalue weighted by Gasteiger charge is 2.18. The SMILES string of the molecule is O=C(Nc1ccc(S(=O)(=O)NC2=NCCC2)cc1)c1ccccc1Cl. The van der Waals surface area contributed by atoms with Crippen molar-refractivity contribution in [1.29, 1.82) is 0 Å². The Morgan fingerprint density at radius 1 is 1.08 bits per heavy atom. The Kier molecular flexibility index (Phi) is 5.06. The minimum atomic E-state index is -3.66. The average Bonchev–Trinajstić information content (AvgIpc) is 3.08. The van der Waals surface area contributed by atoms with Crippen LogP contribution in [0.25, 0.3) is 0 Å². The summed E-state index contributed by atoms with van der Waals surface area (Å²) >= 11 is 5.99. The maximum absolute atomic E-state index is 12.3. The molecule has 0 saturated carbocycles. The highest BCUT2D eigenvalue weighted by molar-refractivity contribution is 7.90. The molecule has 25 heavy (non-hydrogen) atoms. The van der Waals surface area contributed by atoms with Crippen molar-refractivity contribution in [2.45, 2.75) is 17.7 Å². The van der Waals surface area contributed by atoms with Crippen molar-refractivity contribution in [1.82, 2.24) is 4.72 Å². The smallest absolute Gasteiger partial charge is 0.262 e. The first-order valence-corrected chi connectivity index (χ1v) is 9.54. The van der Waals surface area contributed by atoms with E-state index < -0.39 is 10.0 Å². The zero-order valence-electron chi connectivity index (χ0n) is 13.2. The van der Waals surface area contributed by atoms with Crippen LogP contribution in [0.1, 0.15) is 23.2 Å². The summed E-state index contributed by atoms with van der Waals surface area (Å²) < 4.78 is 27.1. The highest BCUT2D eigenvalue weighted by Crippen LogP contribution is 2.19. The molecule has 130 valence electrons. The first-order valence-electron chi connectivity index (χ1n) is 7.68. The molecule has 2 aromatic rings. The molecule has 8 heteroatoms. The van der Waals surface area contributed by atoms with Crippen LogP contribution < -0.4 is 10.0 Å². The zero-order chi connectivity index (χ0) is 17.9. The van der Waals surface area contributed by atoms with E-state index in [0.29, 0.717) is 35.1 Å². The molecule has 1 aliphatic heterocycles. The van der Waals surface area contributed by atoms with Gasteiger partial charge in [-0.1, -0.05) is 23.7 Å². The van der Waals surface area contributed by atoms with E-state index in [1.807, 2.05) is 0 Å². The van der Waals surface area contributed by atoms with Crippen molar-refractivity contribution >= 4 is 39.1 Å². The lowest BCUT2D eigenvalue weighted by Gasteiger charge is -2.09. The van der Waals surface area contributed by atoms with Gasteiger partial charge in [0.05, 0.1) is 15.5 Å². The second kappa shape index (κ2) is 7.25. The molecule has 0 saturated heterocycles. The molecule has 0 aromatic heterocycles. The molecule has 1 heterocycles. The Labute approximate surface area is 151 Å². The average molecular weight is 378 g/mol. The number of carbonyl (C=O) groups is 1. The molecule has 0 aliphatic carbocycles. The Hall–Kier alpha value is -2.38. The number of hydrogen-bond donors (Lipinski definition) is 2. The summed E-state index contributed by atoms with van der Waals surface area (Å²) in [5, 5.41) is 3.04. The molecule has 1 amide bonds. The summed E-state index contributed by atoms with van der Waals surface area (Å²) in [6.07, 6.45) is 1.48. The van der Waals surface area contributed by atoms with Gasteiger partial charge in [-0.3, -0.25) is 14.5 Å². The number of amidine groups is 1. The van der Waals surface area contributed by atoms with Gasteiger partial charge in [-0.15, -0.1) is 0 Å². The van der Waals surface area contributed by atoms with Gasteiger partial charge < -0.3 is 5.32 Å². The number of carbonyl (C=O) groups excluding carboxylic acids is 1. The fraction of sp³-hybridized carbons (Fsp3) is 0.176. The highest BCUT2D eigenvalue weighted by atomic mass is 35.5. The van der Waals surface area contributed by atoms with Crippen LogP contribution >= 0.6 is 11.6 Å². The summed E-state index contributed by atoms with van der Waals surface area (Å²) in [4.78, 5) is 16.4. The molecule has 0 atom stereocenters. The second-order valence-corrected chi connectivity index (χ2v) is 7.59. The van der Waals surface area contributed by atoms with Gasteiger partial charge in [0.1, 0.15) is 5.84 Å². The first-order chi connectivity index (χ1) is 12.0. The van der Waals surface area contributed by atoms with Crippen LogP contribution in [-0.2, 0) is 10.0 Å². The minimum absolute atomic E-state index is 0.109. The van der Waals surface area contributed by atoms with E-state index in [1.54, 1.807) is 24.3 Å². The van der Waals surface area contributed by atoms with E-state index in [2.05, 4.69) is 15.0 Å². The van der Waals surface area contributed by atoms with E-state index >= 15 is 0 Å². The molecule has 6 nitrogen and oxygen atoms in total. The Bertz CT molecular complexity index is 924. The van der Waals surface area contributed by atoms with Gasteiger partial charge in [-0.2, -0.15) is 0 Å². The fourth-order valence-corrected chi connectivity index (χ4v) is 3.71. The molecule has 1 aliphatic rings. The van der Waals surface area contributed by atoms with E-state index in [9.17, 15) is 13.2 Å². The summed E-state index contributed by atoms with van der Waals surface area (Å²) in [6.45, 7) is 0.644. The molecule has 2 N–H and O–H groups in total.